The molecule has 4 N–H and O–H groups in total. The van der Waals surface area contributed by atoms with E-state index in [1.807, 2.05) is 0 Å². The summed E-state index contributed by atoms with van der Waals surface area (Å²) >= 11 is 0. The second-order valence-corrected chi connectivity index (χ2v) is 17.3. The zero-order valence-corrected chi connectivity index (χ0v) is 35.6. The summed E-state index contributed by atoms with van der Waals surface area (Å²) in [5.41, 5.74) is 0. The van der Waals surface area contributed by atoms with Crippen LogP contribution < -0.4 is 5.32 Å². The van der Waals surface area contributed by atoms with Gasteiger partial charge in [-0.1, -0.05) is 239 Å². The molecule has 0 aliphatic rings. The van der Waals surface area contributed by atoms with Gasteiger partial charge in [-0.15, -0.1) is 0 Å². The van der Waals surface area contributed by atoms with Crippen molar-refractivity contribution < 1.29 is 28.8 Å². The van der Waals surface area contributed by atoms with Crippen LogP contribution >= 0.6 is 7.82 Å². The van der Waals surface area contributed by atoms with Crippen LogP contribution in [0.15, 0.2) is 0 Å². The lowest BCUT2D eigenvalue weighted by molar-refractivity contribution is -0.123. The molecule has 8 heteroatoms. The average molecular weight is 760 g/mol. The Hall–Kier alpha value is -0.460. The maximum atomic E-state index is 12.6. The zero-order chi connectivity index (χ0) is 38.2. The van der Waals surface area contributed by atoms with Crippen molar-refractivity contribution in [2.75, 3.05) is 6.61 Å². The monoisotopic (exact) mass is 760 g/mol. The number of amides is 1. The number of rotatable bonds is 43. The molecule has 312 valence electrons. The standard InChI is InChI=1S/C44H90NO6P/c1-3-5-7-9-11-13-15-17-18-19-20-21-22-23-24-25-26-28-30-32-34-36-38-40-44(47)45-42(41-51-52(48,49)50)43(46)39-37-35-33-31-29-27-16-14-12-10-8-6-4-2/h42-43,46H,3-41H2,1-2H3,(H,45,47)(H2,48,49,50)/t42-,43+/m0/s1. The number of carbonyl (C=O) groups is 1. The third-order valence-electron chi connectivity index (χ3n) is 10.8. The predicted molar refractivity (Wildman–Crippen MR) is 223 cm³/mol. The number of hydrogen-bond acceptors (Lipinski definition) is 4. The molecule has 0 aliphatic carbocycles. The maximum Gasteiger partial charge on any atom is 0.469 e. The van der Waals surface area contributed by atoms with Crippen LogP contribution in [0.5, 0.6) is 0 Å². The summed E-state index contributed by atoms with van der Waals surface area (Å²) in [7, 11) is -4.69. The molecule has 0 bridgehead atoms. The summed E-state index contributed by atoms with van der Waals surface area (Å²) in [6, 6.07) is -0.818. The number of carbonyl (C=O) groups excluding carboxylic acids is 1. The lowest BCUT2D eigenvalue weighted by Crippen LogP contribution is -2.46. The average Bonchev–Trinajstić information content (AvgIpc) is 3.11. The molecule has 0 aromatic carbocycles. The molecule has 0 saturated carbocycles. The highest BCUT2D eigenvalue weighted by molar-refractivity contribution is 7.46. The first-order valence-corrected chi connectivity index (χ1v) is 24.5. The largest absolute Gasteiger partial charge is 0.469 e. The highest BCUT2D eigenvalue weighted by atomic mass is 31.2. The van der Waals surface area contributed by atoms with Gasteiger partial charge in [0.15, 0.2) is 0 Å². The van der Waals surface area contributed by atoms with Gasteiger partial charge in [0.25, 0.3) is 0 Å². The number of nitrogens with one attached hydrogen (secondary N) is 1. The molecule has 0 heterocycles. The van der Waals surface area contributed by atoms with E-state index in [4.69, 9.17) is 0 Å². The topological polar surface area (TPSA) is 116 Å². The van der Waals surface area contributed by atoms with Crippen LogP contribution in [0.3, 0.4) is 0 Å². The van der Waals surface area contributed by atoms with Crippen LogP contribution in [0.25, 0.3) is 0 Å². The normalized spacial score (nSPS) is 13.1. The van der Waals surface area contributed by atoms with Crippen molar-refractivity contribution in [1.29, 1.82) is 0 Å². The summed E-state index contributed by atoms with van der Waals surface area (Å²) in [4.78, 5) is 31.0. The van der Waals surface area contributed by atoms with Crippen molar-refractivity contribution in [3.8, 4) is 0 Å². The second kappa shape index (κ2) is 40.2. The van der Waals surface area contributed by atoms with Gasteiger partial charge < -0.3 is 20.2 Å². The fourth-order valence-electron chi connectivity index (χ4n) is 7.35. The molecule has 7 nitrogen and oxygen atoms in total. The first kappa shape index (κ1) is 51.5. The Morgan fingerprint density at radius 1 is 0.481 bits per heavy atom. The highest BCUT2D eigenvalue weighted by Gasteiger charge is 2.25. The fraction of sp³-hybridized carbons (Fsp3) is 0.977. The maximum absolute atomic E-state index is 12.6. The van der Waals surface area contributed by atoms with Crippen LogP contribution in [-0.4, -0.2) is 39.6 Å². The van der Waals surface area contributed by atoms with Crippen LogP contribution in [0.2, 0.25) is 0 Å². The van der Waals surface area contributed by atoms with E-state index < -0.39 is 26.6 Å². The van der Waals surface area contributed by atoms with Gasteiger partial charge in [-0.25, -0.2) is 4.57 Å². The van der Waals surface area contributed by atoms with Crippen LogP contribution in [0.4, 0.5) is 0 Å². The van der Waals surface area contributed by atoms with Gasteiger partial charge in [-0.3, -0.25) is 9.32 Å². The van der Waals surface area contributed by atoms with E-state index in [1.165, 1.54) is 193 Å². The first-order chi connectivity index (χ1) is 25.3. The Labute approximate surface area is 323 Å². The van der Waals surface area contributed by atoms with Crippen molar-refractivity contribution in [2.24, 2.45) is 0 Å². The molecule has 0 unspecified atom stereocenters. The van der Waals surface area contributed by atoms with Crippen molar-refractivity contribution in [3.05, 3.63) is 0 Å². The lowest BCUT2D eigenvalue weighted by Gasteiger charge is -2.24. The van der Waals surface area contributed by atoms with E-state index in [-0.39, 0.29) is 5.91 Å². The summed E-state index contributed by atoms with van der Waals surface area (Å²) in [6.07, 6.45) is 46.7. The van der Waals surface area contributed by atoms with E-state index in [0.717, 1.165) is 38.5 Å². The van der Waals surface area contributed by atoms with Gasteiger partial charge in [0.1, 0.15) is 0 Å². The van der Waals surface area contributed by atoms with Gasteiger partial charge in [0.2, 0.25) is 5.91 Å². The molecular weight excluding hydrogens is 669 g/mol. The Balaban J connectivity index is 3.77. The highest BCUT2D eigenvalue weighted by Crippen LogP contribution is 2.36. The second-order valence-electron chi connectivity index (χ2n) is 16.1. The first-order valence-electron chi connectivity index (χ1n) is 23.0. The van der Waals surface area contributed by atoms with Gasteiger partial charge in [-0.05, 0) is 12.8 Å². The van der Waals surface area contributed by atoms with Crippen LogP contribution in [-0.2, 0) is 13.9 Å². The molecule has 0 saturated heterocycles. The number of unbranched alkanes of at least 4 members (excludes halogenated alkanes) is 34. The minimum atomic E-state index is -4.69. The number of phosphoric ester groups is 1. The summed E-state index contributed by atoms with van der Waals surface area (Å²) in [5, 5.41) is 13.5. The number of hydrogen-bond donors (Lipinski definition) is 4. The molecule has 52 heavy (non-hydrogen) atoms. The predicted octanol–water partition coefficient (Wildman–Crippen LogP) is 13.8. The quantitative estimate of drug-likeness (QED) is 0.0363. The van der Waals surface area contributed by atoms with E-state index in [0.29, 0.717) is 12.8 Å². The summed E-state index contributed by atoms with van der Waals surface area (Å²) in [5.74, 6) is -0.188. The summed E-state index contributed by atoms with van der Waals surface area (Å²) in [6.45, 7) is 4.15. The minimum absolute atomic E-state index is 0.188. The number of aliphatic hydroxyl groups is 1. The van der Waals surface area contributed by atoms with Crippen molar-refractivity contribution in [3.63, 3.8) is 0 Å². The molecule has 1 amide bonds. The smallest absolute Gasteiger partial charge is 0.391 e. The molecule has 0 aromatic heterocycles. The Kier molecular flexibility index (Phi) is 39.9. The molecule has 2 atom stereocenters. The van der Waals surface area contributed by atoms with E-state index in [2.05, 4.69) is 23.7 Å². The van der Waals surface area contributed by atoms with Crippen molar-refractivity contribution in [2.45, 2.75) is 270 Å². The molecular formula is C44H90NO6P. The molecule has 0 radical (unpaired) electrons. The van der Waals surface area contributed by atoms with E-state index in [9.17, 15) is 24.3 Å². The van der Waals surface area contributed by atoms with Crippen molar-refractivity contribution >= 4 is 13.7 Å². The van der Waals surface area contributed by atoms with E-state index in [1.54, 1.807) is 0 Å². The van der Waals surface area contributed by atoms with Gasteiger partial charge in [0.05, 0.1) is 18.8 Å². The fourth-order valence-corrected chi connectivity index (χ4v) is 7.70. The molecule has 0 fully saturated rings. The molecule has 0 aliphatic heterocycles. The van der Waals surface area contributed by atoms with Crippen molar-refractivity contribution in [1.82, 2.24) is 5.32 Å². The van der Waals surface area contributed by atoms with Gasteiger partial charge >= 0.3 is 7.82 Å². The Morgan fingerprint density at radius 2 is 0.750 bits per heavy atom. The SMILES string of the molecule is CCCCCCCCCCCCCCCCCCCCCCCCCC(=O)N[C@@H](COP(=O)(O)O)[C@H](O)CCCCCCCCCCCCCCC. The lowest BCUT2D eigenvalue weighted by atomic mass is 10.0. The van der Waals surface area contributed by atoms with Crippen LogP contribution in [0.1, 0.15) is 258 Å². The van der Waals surface area contributed by atoms with E-state index >= 15 is 0 Å². The molecule has 0 aromatic rings. The van der Waals surface area contributed by atoms with Gasteiger partial charge in [-0.2, -0.15) is 0 Å². The minimum Gasteiger partial charge on any atom is -0.391 e. The Morgan fingerprint density at radius 3 is 1.04 bits per heavy atom. The Bertz CT molecular complexity index is 778. The molecule has 0 spiro atoms. The third kappa shape index (κ3) is 40.7. The van der Waals surface area contributed by atoms with Crippen LogP contribution in [0, 0.1) is 0 Å². The third-order valence-corrected chi connectivity index (χ3v) is 11.3. The zero-order valence-electron chi connectivity index (χ0n) is 34.7. The molecule has 0 rings (SSSR count). The number of phosphoric acid groups is 1. The summed E-state index contributed by atoms with van der Waals surface area (Å²) < 4.78 is 16.0. The van der Waals surface area contributed by atoms with Gasteiger partial charge in [0, 0.05) is 6.42 Å². The number of aliphatic hydroxyl groups excluding tert-OH is 1.